The van der Waals surface area contributed by atoms with Crippen molar-refractivity contribution in [2.24, 2.45) is 11.3 Å². The molecule has 3 amide bonds. The zero-order valence-corrected chi connectivity index (χ0v) is 21.9. The molecule has 5 N–H and O–H groups in total. The van der Waals surface area contributed by atoms with Crippen molar-refractivity contribution in [3.63, 3.8) is 0 Å². The van der Waals surface area contributed by atoms with Crippen molar-refractivity contribution in [2.75, 3.05) is 6.54 Å². The van der Waals surface area contributed by atoms with Crippen LogP contribution >= 0.6 is 0 Å². The standard InChI is InChI=1S/C23H31N3O4.C4H10O/c1-5-24-22(29)20(23(2,3)4)25-21(28)18(14-19(27)26-30)13-15-10-11-16-8-6-7-9-17(16)12-15;1-4(2,3)5/h6-12,18,20,30H,5,13-14H2,1-4H3,(H,24,29)(H,25,28)(H,26,27);5H,1-3H3. The van der Waals surface area contributed by atoms with Gasteiger partial charge >= 0.3 is 0 Å². The van der Waals surface area contributed by atoms with E-state index in [4.69, 9.17) is 10.3 Å². The highest BCUT2D eigenvalue weighted by atomic mass is 16.5. The smallest absolute Gasteiger partial charge is 0.244 e. The molecule has 0 saturated carbocycles. The Hall–Kier alpha value is -2.97. The van der Waals surface area contributed by atoms with Gasteiger partial charge in [-0.2, -0.15) is 0 Å². The van der Waals surface area contributed by atoms with Crippen molar-refractivity contribution in [1.82, 2.24) is 16.1 Å². The summed E-state index contributed by atoms with van der Waals surface area (Å²) in [5.41, 5.74) is 1.48. The van der Waals surface area contributed by atoms with Crippen molar-refractivity contribution in [3.8, 4) is 0 Å². The highest BCUT2D eigenvalue weighted by Crippen LogP contribution is 2.23. The Morgan fingerprint density at radius 3 is 2.00 bits per heavy atom. The molecule has 35 heavy (non-hydrogen) atoms. The lowest BCUT2D eigenvalue weighted by Crippen LogP contribution is -2.55. The Kier molecular flexibility index (Phi) is 11.3. The summed E-state index contributed by atoms with van der Waals surface area (Å²) in [6, 6.07) is 13.0. The molecule has 8 nitrogen and oxygen atoms in total. The number of carbonyl (C=O) groups is 3. The molecular formula is C27H41N3O5. The third-order valence-electron chi connectivity index (χ3n) is 4.99. The van der Waals surface area contributed by atoms with Crippen LogP contribution in [-0.4, -0.2) is 46.2 Å². The van der Waals surface area contributed by atoms with E-state index in [0.717, 1.165) is 16.3 Å². The van der Waals surface area contributed by atoms with Gasteiger partial charge in [0.1, 0.15) is 6.04 Å². The van der Waals surface area contributed by atoms with Crippen LogP contribution in [-0.2, 0) is 20.8 Å². The molecule has 0 spiro atoms. The lowest BCUT2D eigenvalue weighted by atomic mass is 9.85. The highest BCUT2D eigenvalue weighted by Gasteiger charge is 2.34. The molecule has 0 heterocycles. The van der Waals surface area contributed by atoms with Crippen LogP contribution in [0.4, 0.5) is 0 Å². The Balaban J connectivity index is 0.00000111. The van der Waals surface area contributed by atoms with Crippen LogP contribution in [0.15, 0.2) is 42.5 Å². The molecule has 2 unspecified atom stereocenters. The van der Waals surface area contributed by atoms with E-state index in [0.29, 0.717) is 13.0 Å². The van der Waals surface area contributed by atoms with Gasteiger partial charge in [0.05, 0.1) is 11.5 Å². The molecule has 0 saturated heterocycles. The van der Waals surface area contributed by atoms with Crippen LogP contribution in [0.2, 0.25) is 0 Å². The summed E-state index contributed by atoms with van der Waals surface area (Å²) >= 11 is 0. The number of fused-ring (bicyclic) bond motifs is 1. The second kappa shape index (κ2) is 13.2. The fourth-order valence-corrected chi connectivity index (χ4v) is 3.39. The van der Waals surface area contributed by atoms with Gasteiger partial charge in [0, 0.05) is 13.0 Å². The number of hydrogen-bond donors (Lipinski definition) is 5. The number of likely N-dealkylation sites (N-methyl/N-ethyl adjacent to an activating group) is 1. The lowest BCUT2D eigenvalue weighted by Gasteiger charge is -2.31. The second-order valence-corrected chi connectivity index (χ2v) is 10.7. The van der Waals surface area contributed by atoms with E-state index in [9.17, 15) is 14.4 Å². The Labute approximate surface area is 208 Å². The van der Waals surface area contributed by atoms with E-state index in [2.05, 4.69) is 10.6 Å². The maximum absolute atomic E-state index is 13.1. The number of hydrogen-bond acceptors (Lipinski definition) is 5. The van der Waals surface area contributed by atoms with Crippen molar-refractivity contribution in [1.29, 1.82) is 0 Å². The summed E-state index contributed by atoms with van der Waals surface area (Å²) < 4.78 is 0. The van der Waals surface area contributed by atoms with Crippen LogP contribution in [0.5, 0.6) is 0 Å². The lowest BCUT2D eigenvalue weighted by molar-refractivity contribution is -0.137. The minimum absolute atomic E-state index is 0.193. The zero-order valence-electron chi connectivity index (χ0n) is 21.9. The number of amides is 3. The molecule has 8 heteroatoms. The third kappa shape index (κ3) is 11.3. The van der Waals surface area contributed by atoms with Crippen molar-refractivity contribution < 1.29 is 24.7 Å². The summed E-state index contributed by atoms with van der Waals surface area (Å²) in [5, 5.41) is 25.1. The summed E-state index contributed by atoms with van der Waals surface area (Å²) in [6.45, 7) is 13.1. The Morgan fingerprint density at radius 2 is 1.49 bits per heavy atom. The molecular weight excluding hydrogens is 446 g/mol. The first-order valence-corrected chi connectivity index (χ1v) is 11.9. The van der Waals surface area contributed by atoms with E-state index in [1.54, 1.807) is 26.3 Å². The topological polar surface area (TPSA) is 128 Å². The fourth-order valence-electron chi connectivity index (χ4n) is 3.39. The minimum Gasteiger partial charge on any atom is -0.391 e. The van der Waals surface area contributed by atoms with E-state index in [1.165, 1.54) is 0 Å². The van der Waals surface area contributed by atoms with Gasteiger partial charge < -0.3 is 15.7 Å². The number of benzene rings is 2. The maximum atomic E-state index is 13.1. The van der Waals surface area contributed by atoms with Crippen LogP contribution in [0.25, 0.3) is 10.8 Å². The molecule has 2 aromatic carbocycles. The molecule has 0 fully saturated rings. The summed E-state index contributed by atoms with van der Waals surface area (Å²) in [4.78, 5) is 37.4. The average Bonchev–Trinajstić information content (AvgIpc) is 2.74. The normalized spacial score (nSPS) is 13.2. The van der Waals surface area contributed by atoms with Gasteiger partial charge in [0.15, 0.2) is 0 Å². The van der Waals surface area contributed by atoms with Crippen LogP contribution < -0.4 is 16.1 Å². The first kappa shape index (κ1) is 30.1. The SMILES string of the molecule is CC(C)(C)O.CCNC(=O)C(NC(=O)C(CC(=O)NO)Cc1ccc2ccccc2c1)C(C)(C)C. The molecule has 0 aliphatic heterocycles. The van der Waals surface area contributed by atoms with Gasteiger partial charge in [-0.3, -0.25) is 19.6 Å². The number of aliphatic hydroxyl groups is 1. The van der Waals surface area contributed by atoms with Gasteiger partial charge in [-0.15, -0.1) is 0 Å². The number of hydroxylamine groups is 1. The van der Waals surface area contributed by atoms with Crippen molar-refractivity contribution in [3.05, 3.63) is 48.0 Å². The molecule has 2 rings (SSSR count). The van der Waals surface area contributed by atoms with E-state index < -0.39 is 34.8 Å². The predicted octanol–water partition coefficient (Wildman–Crippen LogP) is 3.34. The molecule has 2 aromatic rings. The molecule has 0 aromatic heterocycles. The van der Waals surface area contributed by atoms with Gasteiger partial charge in [0.25, 0.3) is 0 Å². The van der Waals surface area contributed by atoms with E-state index in [-0.39, 0.29) is 12.3 Å². The summed E-state index contributed by atoms with van der Waals surface area (Å²) in [7, 11) is 0. The van der Waals surface area contributed by atoms with Gasteiger partial charge in [-0.25, -0.2) is 5.48 Å². The zero-order chi connectivity index (χ0) is 26.8. The number of rotatable bonds is 8. The van der Waals surface area contributed by atoms with Crippen LogP contribution in [0.1, 0.15) is 60.5 Å². The molecule has 2 atom stereocenters. The van der Waals surface area contributed by atoms with Crippen LogP contribution in [0.3, 0.4) is 0 Å². The molecule has 194 valence electrons. The van der Waals surface area contributed by atoms with Gasteiger partial charge in [0.2, 0.25) is 17.7 Å². The Bertz CT molecular complexity index is 986. The second-order valence-electron chi connectivity index (χ2n) is 10.7. The largest absolute Gasteiger partial charge is 0.391 e. The molecule has 0 aliphatic rings. The minimum atomic E-state index is -0.749. The number of carbonyl (C=O) groups excluding carboxylic acids is 3. The average molecular weight is 488 g/mol. The van der Waals surface area contributed by atoms with E-state index in [1.807, 2.05) is 70.2 Å². The first-order valence-electron chi connectivity index (χ1n) is 11.9. The predicted molar refractivity (Wildman–Crippen MR) is 138 cm³/mol. The third-order valence-corrected chi connectivity index (χ3v) is 4.99. The van der Waals surface area contributed by atoms with Crippen molar-refractivity contribution >= 4 is 28.5 Å². The maximum Gasteiger partial charge on any atom is 0.244 e. The molecule has 0 radical (unpaired) electrons. The quantitative estimate of drug-likeness (QED) is 0.288. The summed E-state index contributed by atoms with van der Waals surface area (Å²) in [5.74, 6) is -2.06. The van der Waals surface area contributed by atoms with E-state index >= 15 is 0 Å². The fraction of sp³-hybridized carbons (Fsp3) is 0.519. The highest BCUT2D eigenvalue weighted by molar-refractivity contribution is 5.91. The number of nitrogens with one attached hydrogen (secondary N) is 3. The monoisotopic (exact) mass is 487 g/mol. The summed E-state index contributed by atoms with van der Waals surface area (Å²) in [6.07, 6.45) is 0.109. The molecule has 0 bridgehead atoms. The van der Waals surface area contributed by atoms with Crippen molar-refractivity contribution in [2.45, 2.75) is 73.0 Å². The van der Waals surface area contributed by atoms with Crippen LogP contribution in [0, 0.1) is 11.3 Å². The van der Waals surface area contributed by atoms with Gasteiger partial charge in [-0.05, 0) is 55.9 Å². The van der Waals surface area contributed by atoms with Gasteiger partial charge in [-0.1, -0.05) is 63.2 Å². The first-order chi connectivity index (χ1) is 16.2. The Morgan fingerprint density at radius 1 is 0.914 bits per heavy atom. The molecule has 0 aliphatic carbocycles.